The highest BCUT2D eigenvalue weighted by Gasteiger charge is 2.71. The van der Waals surface area contributed by atoms with E-state index in [0.29, 0.717) is 41.9 Å². The summed E-state index contributed by atoms with van der Waals surface area (Å²) in [6.45, 7) is 19.1. The van der Waals surface area contributed by atoms with Crippen LogP contribution in [0.4, 0.5) is 0 Å². The van der Waals surface area contributed by atoms with E-state index in [4.69, 9.17) is 4.74 Å². The quantitative estimate of drug-likeness (QED) is 0.311. The number of carbonyl (C=O) groups excluding carboxylic acids is 2. The summed E-state index contributed by atoms with van der Waals surface area (Å²) in [4.78, 5) is 37.7. The molecule has 5 aliphatic rings. The Labute approximate surface area is 249 Å². The summed E-state index contributed by atoms with van der Waals surface area (Å²) >= 11 is 0. The molecule has 5 aliphatic carbocycles. The fraction of sp³-hybridized carbons (Fsp3) is 0.917. The van der Waals surface area contributed by atoms with Gasteiger partial charge < -0.3 is 9.84 Å². The van der Waals surface area contributed by atoms with E-state index in [0.717, 1.165) is 38.5 Å². The van der Waals surface area contributed by atoms with E-state index in [1.54, 1.807) is 0 Å². The van der Waals surface area contributed by atoms with Crippen molar-refractivity contribution in [2.24, 2.45) is 62.6 Å². The molecule has 0 radical (unpaired) electrons. The molecule has 0 spiro atoms. The lowest BCUT2D eigenvalue weighted by Crippen LogP contribution is -2.67. The second-order valence-electron chi connectivity index (χ2n) is 16.8. The Bertz CT molecular complexity index is 1060. The van der Waals surface area contributed by atoms with E-state index in [1.165, 1.54) is 25.7 Å². The highest BCUT2D eigenvalue weighted by atomic mass is 16.5. The maximum absolute atomic E-state index is 14.0. The average molecular weight is 571 g/mol. The monoisotopic (exact) mass is 570 g/mol. The summed E-state index contributed by atoms with van der Waals surface area (Å²) in [5, 5.41) is 9.38. The average Bonchev–Trinajstić information content (AvgIpc) is 3.30. The Balaban J connectivity index is 1.48. The molecule has 5 heteroatoms. The van der Waals surface area contributed by atoms with Gasteiger partial charge in [0.2, 0.25) is 0 Å². The highest BCUT2D eigenvalue weighted by molar-refractivity contribution is 5.88. The summed E-state index contributed by atoms with van der Waals surface area (Å²) in [5.41, 5.74) is 0.257. The zero-order valence-corrected chi connectivity index (χ0v) is 27.3. The number of aliphatic carboxylic acids is 1. The van der Waals surface area contributed by atoms with E-state index in [9.17, 15) is 19.5 Å². The second kappa shape index (κ2) is 10.4. The molecule has 0 saturated heterocycles. The van der Waals surface area contributed by atoms with Crippen molar-refractivity contribution in [1.29, 1.82) is 0 Å². The number of ether oxygens (including phenoxy) is 1. The predicted octanol–water partition coefficient (Wildman–Crippen LogP) is 8.48. The van der Waals surface area contributed by atoms with Gasteiger partial charge in [0.25, 0.3) is 0 Å². The Morgan fingerprint density at radius 3 is 2.15 bits per heavy atom. The molecule has 0 bridgehead atoms. The van der Waals surface area contributed by atoms with Crippen molar-refractivity contribution < 1.29 is 24.2 Å². The minimum Gasteiger partial charge on any atom is -0.481 e. The van der Waals surface area contributed by atoms with Crippen molar-refractivity contribution in [1.82, 2.24) is 0 Å². The zero-order chi connectivity index (χ0) is 30.2. The molecule has 5 saturated carbocycles. The van der Waals surface area contributed by atoms with Crippen LogP contribution < -0.4 is 0 Å². The molecule has 5 nitrogen and oxygen atoms in total. The number of esters is 1. The van der Waals surface area contributed by atoms with Crippen molar-refractivity contribution in [3.63, 3.8) is 0 Å². The number of ketones is 1. The van der Waals surface area contributed by atoms with Gasteiger partial charge in [0.1, 0.15) is 11.9 Å². The first-order chi connectivity index (χ1) is 19.1. The first kappa shape index (κ1) is 31.0. The smallest absolute Gasteiger partial charge is 0.305 e. The number of hydrogen-bond acceptors (Lipinski definition) is 4. The van der Waals surface area contributed by atoms with Crippen LogP contribution in [0.5, 0.6) is 0 Å². The lowest BCUT2D eigenvalue weighted by Gasteiger charge is -2.73. The standard InChI is InChI=1S/C36H58O5/c1-9-30(40)41-28-16-17-33(6)25(32(28,4)5)15-18-35(8)26(33)11-10-24-31-23(22(2)3)14-19-36(31,21-20-34(24,35)7)27(37)12-13-29(38)39/h22-26,28,31H,9-21H2,1-8H3,(H,38,39)/t23-,24?,25?,26?,28+,31?,33-,34+,35+,36+/m0/s1. The Kier molecular flexibility index (Phi) is 7.84. The maximum atomic E-state index is 14.0. The number of rotatable bonds is 7. The van der Waals surface area contributed by atoms with Crippen LogP contribution in [-0.4, -0.2) is 28.9 Å². The molecule has 0 aromatic heterocycles. The van der Waals surface area contributed by atoms with Crippen LogP contribution in [0.3, 0.4) is 0 Å². The minimum atomic E-state index is -0.856. The topological polar surface area (TPSA) is 80.7 Å². The molecule has 0 aromatic carbocycles. The third-order valence-corrected chi connectivity index (χ3v) is 15.0. The molecule has 1 N–H and O–H groups in total. The molecule has 0 amide bonds. The number of fused-ring (bicyclic) bond motifs is 7. The van der Waals surface area contributed by atoms with Gasteiger partial charge in [0.05, 0.1) is 6.42 Å². The fourth-order valence-corrected chi connectivity index (χ4v) is 12.8. The molecule has 0 aromatic rings. The maximum Gasteiger partial charge on any atom is 0.305 e. The van der Waals surface area contributed by atoms with Crippen LogP contribution in [0.15, 0.2) is 0 Å². The normalized spacial score (nSPS) is 46.6. The number of carboxylic acid groups (broad SMARTS) is 1. The Morgan fingerprint density at radius 2 is 1.51 bits per heavy atom. The van der Waals surface area contributed by atoms with Gasteiger partial charge in [-0.1, -0.05) is 55.4 Å². The van der Waals surface area contributed by atoms with Gasteiger partial charge in [-0.2, -0.15) is 0 Å². The molecular weight excluding hydrogens is 512 g/mol. The van der Waals surface area contributed by atoms with Gasteiger partial charge in [-0.3, -0.25) is 14.4 Å². The van der Waals surface area contributed by atoms with Crippen molar-refractivity contribution in [3.8, 4) is 0 Å². The molecule has 41 heavy (non-hydrogen) atoms. The van der Waals surface area contributed by atoms with E-state index < -0.39 is 5.97 Å². The van der Waals surface area contributed by atoms with Crippen molar-refractivity contribution in [2.75, 3.05) is 0 Å². The van der Waals surface area contributed by atoms with Crippen LogP contribution in [0.2, 0.25) is 0 Å². The summed E-state index contributed by atoms with van der Waals surface area (Å²) < 4.78 is 6.06. The summed E-state index contributed by atoms with van der Waals surface area (Å²) in [5.74, 6) is 2.48. The van der Waals surface area contributed by atoms with Crippen LogP contribution in [0.1, 0.15) is 139 Å². The van der Waals surface area contributed by atoms with Crippen LogP contribution in [0.25, 0.3) is 0 Å². The molecule has 5 rings (SSSR count). The first-order valence-corrected chi connectivity index (χ1v) is 17.0. The van der Waals surface area contributed by atoms with Gasteiger partial charge in [-0.25, -0.2) is 0 Å². The molecular formula is C36H58O5. The highest BCUT2D eigenvalue weighted by Crippen LogP contribution is 2.77. The van der Waals surface area contributed by atoms with Crippen LogP contribution in [0, 0.1) is 62.6 Å². The number of carbonyl (C=O) groups is 3. The molecule has 0 aliphatic heterocycles. The van der Waals surface area contributed by atoms with E-state index in [-0.39, 0.29) is 57.8 Å². The SMILES string of the molecule is CCC(=O)O[C@@H]1CC[C@@]2(C)C(CC[C@]3(C)C2CCC2C4[C@H](C(C)C)CC[C@]4(C(=O)CCC(=O)O)CC[C@]23C)C1(C)C. The molecule has 4 unspecified atom stereocenters. The Morgan fingerprint density at radius 1 is 0.805 bits per heavy atom. The Hall–Kier alpha value is -1.39. The van der Waals surface area contributed by atoms with Crippen LogP contribution in [-0.2, 0) is 19.1 Å². The van der Waals surface area contributed by atoms with E-state index >= 15 is 0 Å². The van der Waals surface area contributed by atoms with Crippen LogP contribution >= 0.6 is 0 Å². The number of Topliss-reactive ketones (excluding diaryl/α,β-unsaturated/α-hetero) is 1. The number of carboxylic acids is 1. The lowest BCUT2D eigenvalue weighted by molar-refractivity contribution is -0.250. The molecule has 0 heterocycles. The third kappa shape index (κ3) is 4.39. The van der Waals surface area contributed by atoms with Crippen molar-refractivity contribution in [2.45, 2.75) is 145 Å². The van der Waals surface area contributed by atoms with Gasteiger partial charge in [-0.15, -0.1) is 0 Å². The van der Waals surface area contributed by atoms with E-state index in [1.807, 2.05) is 6.92 Å². The first-order valence-electron chi connectivity index (χ1n) is 17.0. The summed E-state index contributed by atoms with van der Waals surface area (Å²) in [6.07, 6.45) is 11.6. The molecule has 10 atom stereocenters. The fourth-order valence-electron chi connectivity index (χ4n) is 12.8. The van der Waals surface area contributed by atoms with Gasteiger partial charge in [-0.05, 0) is 116 Å². The number of hydrogen-bond donors (Lipinski definition) is 1. The van der Waals surface area contributed by atoms with Crippen molar-refractivity contribution >= 4 is 17.7 Å². The second-order valence-corrected chi connectivity index (χ2v) is 16.8. The zero-order valence-electron chi connectivity index (χ0n) is 27.3. The van der Waals surface area contributed by atoms with Crippen molar-refractivity contribution in [3.05, 3.63) is 0 Å². The predicted molar refractivity (Wildman–Crippen MR) is 161 cm³/mol. The van der Waals surface area contributed by atoms with Gasteiger partial charge >= 0.3 is 11.9 Å². The summed E-state index contributed by atoms with van der Waals surface area (Å²) in [6, 6.07) is 0. The van der Waals surface area contributed by atoms with E-state index in [2.05, 4.69) is 48.5 Å². The van der Waals surface area contributed by atoms with Gasteiger partial charge in [0.15, 0.2) is 0 Å². The minimum absolute atomic E-state index is 0.00158. The summed E-state index contributed by atoms with van der Waals surface area (Å²) in [7, 11) is 0. The molecule has 5 fully saturated rings. The largest absolute Gasteiger partial charge is 0.481 e. The van der Waals surface area contributed by atoms with Gasteiger partial charge in [0, 0.05) is 23.7 Å². The lowest BCUT2D eigenvalue weighted by atomic mass is 9.32. The molecule has 232 valence electrons. The third-order valence-electron chi connectivity index (χ3n) is 15.0.